The lowest BCUT2D eigenvalue weighted by Gasteiger charge is -2.33. The largest absolute Gasteiger partial charge is 0.354 e. The van der Waals surface area contributed by atoms with Crippen molar-refractivity contribution >= 4 is 23.6 Å². The van der Waals surface area contributed by atoms with Gasteiger partial charge in [0.1, 0.15) is 0 Å². The van der Waals surface area contributed by atoms with E-state index in [9.17, 15) is 9.59 Å². The lowest BCUT2D eigenvalue weighted by molar-refractivity contribution is -0.130. The van der Waals surface area contributed by atoms with E-state index < -0.39 is 0 Å². The smallest absolute Gasteiger partial charge is 0.228 e. The van der Waals surface area contributed by atoms with Crippen LogP contribution in [0.4, 0.5) is 0 Å². The number of nitrogens with zero attached hydrogens (tertiary/aromatic N) is 1. The fourth-order valence-electron chi connectivity index (χ4n) is 1.95. The first-order chi connectivity index (χ1) is 9.70. The minimum Gasteiger partial charge on any atom is -0.354 e. The average Bonchev–Trinajstić information content (AvgIpc) is 2.36. The number of hydrogen-bond acceptors (Lipinski definition) is 3. The highest BCUT2D eigenvalue weighted by molar-refractivity contribution is 8.03. The van der Waals surface area contributed by atoms with Crippen LogP contribution in [0.2, 0.25) is 0 Å². The van der Waals surface area contributed by atoms with Crippen LogP contribution in [0.25, 0.3) is 0 Å². The van der Waals surface area contributed by atoms with Crippen molar-refractivity contribution in [1.82, 2.24) is 10.2 Å². The quantitative estimate of drug-likeness (QED) is 0.867. The van der Waals surface area contributed by atoms with E-state index in [1.165, 1.54) is 17.5 Å². The van der Waals surface area contributed by atoms with Gasteiger partial charge in [0, 0.05) is 31.2 Å². The van der Waals surface area contributed by atoms with Crippen LogP contribution in [0.15, 0.2) is 10.6 Å². The fraction of sp³-hybridized carbons (Fsp3) is 0.750. The second-order valence-corrected chi connectivity index (χ2v) is 6.83. The normalized spacial score (nSPS) is 17.6. The zero-order valence-corrected chi connectivity index (χ0v) is 15.3. The zero-order valence-electron chi connectivity index (χ0n) is 14.4. The molecule has 0 aromatic heterocycles. The molecule has 4 nitrogen and oxygen atoms in total. The second-order valence-electron chi connectivity index (χ2n) is 5.75. The molecule has 1 saturated heterocycles. The van der Waals surface area contributed by atoms with E-state index in [0.29, 0.717) is 6.42 Å². The van der Waals surface area contributed by atoms with Gasteiger partial charge < -0.3 is 10.2 Å². The Morgan fingerprint density at radius 1 is 1.29 bits per heavy atom. The molecule has 0 spiro atoms. The number of carbonyl (C=O) groups excluding carboxylic acids is 2. The maximum absolute atomic E-state index is 11.7. The van der Waals surface area contributed by atoms with Crippen molar-refractivity contribution in [2.45, 2.75) is 73.4 Å². The van der Waals surface area contributed by atoms with Crippen LogP contribution in [0.1, 0.15) is 61.3 Å². The Hall–Kier alpha value is -0.970. The number of nitrogens with one attached hydrogen (secondary N) is 1. The Balaban J connectivity index is 0.000000486. The maximum Gasteiger partial charge on any atom is 0.228 e. The van der Waals surface area contributed by atoms with Crippen molar-refractivity contribution in [2.75, 3.05) is 5.75 Å². The predicted octanol–water partition coefficient (Wildman–Crippen LogP) is 3.53. The minimum atomic E-state index is 0.0370. The lowest BCUT2D eigenvalue weighted by atomic mass is 10.2. The highest BCUT2D eigenvalue weighted by Gasteiger charge is 2.26. The molecular weight excluding hydrogens is 284 g/mol. The van der Waals surface area contributed by atoms with Crippen molar-refractivity contribution < 1.29 is 9.59 Å². The van der Waals surface area contributed by atoms with Gasteiger partial charge in [-0.15, -0.1) is 11.8 Å². The first-order valence-electron chi connectivity index (χ1n) is 7.62. The predicted molar refractivity (Wildman–Crippen MR) is 91.0 cm³/mol. The topological polar surface area (TPSA) is 49.4 Å². The van der Waals surface area contributed by atoms with E-state index in [4.69, 9.17) is 0 Å². The van der Waals surface area contributed by atoms with Crippen LogP contribution in [-0.4, -0.2) is 34.6 Å². The van der Waals surface area contributed by atoms with Crippen molar-refractivity contribution in [3.05, 3.63) is 10.6 Å². The summed E-state index contributed by atoms with van der Waals surface area (Å²) in [6.07, 6.45) is 1.71. The molecule has 0 atom stereocenters. The molecule has 0 bridgehead atoms. The van der Waals surface area contributed by atoms with Crippen LogP contribution in [0.5, 0.6) is 0 Å². The van der Waals surface area contributed by atoms with Gasteiger partial charge in [0.25, 0.3) is 0 Å². The van der Waals surface area contributed by atoms with Gasteiger partial charge in [0.2, 0.25) is 11.8 Å². The van der Waals surface area contributed by atoms with Crippen LogP contribution in [0.3, 0.4) is 0 Å². The highest BCUT2D eigenvalue weighted by atomic mass is 32.2. The molecule has 0 aromatic carbocycles. The summed E-state index contributed by atoms with van der Waals surface area (Å²) in [5.74, 6) is 1.26. The van der Waals surface area contributed by atoms with E-state index in [2.05, 4.69) is 33.0 Å². The molecule has 1 N–H and O–H groups in total. The maximum atomic E-state index is 11.7. The molecule has 1 fully saturated rings. The third-order valence-corrected chi connectivity index (χ3v) is 4.17. The first kappa shape index (κ1) is 20.0. The third-order valence-electron chi connectivity index (χ3n) is 2.95. The Bertz CT molecular complexity index is 390. The molecule has 0 unspecified atom stereocenters. The molecule has 1 heterocycles. The summed E-state index contributed by atoms with van der Waals surface area (Å²) in [5, 5.41) is 3.86. The Kier molecular flexibility index (Phi) is 9.42. The molecule has 0 aromatic rings. The minimum absolute atomic E-state index is 0.0370. The molecule has 2 amide bonds. The molecule has 21 heavy (non-hydrogen) atoms. The van der Waals surface area contributed by atoms with Gasteiger partial charge in [-0.25, -0.2) is 0 Å². The molecule has 0 aliphatic carbocycles. The molecule has 0 radical (unpaired) electrons. The van der Waals surface area contributed by atoms with Gasteiger partial charge >= 0.3 is 0 Å². The molecule has 1 aliphatic heterocycles. The SMILES string of the molecule is CC(=O)NC(C)C.CCC(C)=C1SCCC(=O)N1C(C)C. The van der Waals surface area contributed by atoms with Crippen molar-refractivity contribution in [1.29, 1.82) is 0 Å². The van der Waals surface area contributed by atoms with Gasteiger partial charge in [-0.05, 0) is 46.6 Å². The summed E-state index contributed by atoms with van der Waals surface area (Å²) in [7, 11) is 0. The van der Waals surface area contributed by atoms with Crippen LogP contribution in [-0.2, 0) is 9.59 Å². The molecule has 122 valence electrons. The third kappa shape index (κ3) is 7.55. The number of amides is 2. The molecule has 1 aliphatic rings. The Labute approximate surface area is 133 Å². The van der Waals surface area contributed by atoms with E-state index in [0.717, 1.165) is 12.2 Å². The summed E-state index contributed by atoms with van der Waals surface area (Å²) >= 11 is 1.82. The standard InChI is InChI=1S/C11H19NOS.C5H11NO/c1-5-9(4)11-12(8(2)3)10(13)6-7-14-11;1-4(2)6-5(3)7/h8H,5-7H2,1-4H3;4H,1-3H3,(H,6,7). The van der Waals surface area contributed by atoms with Gasteiger partial charge in [0.15, 0.2) is 0 Å². The Morgan fingerprint density at radius 2 is 1.86 bits per heavy atom. The van der Waals surface area contributed by atoms with E-state index in [1.54, 1.807) is 0 Å². The van der Waals surface area contributed by atoms with Crippen LogP contribution in [0, 0.1) is 0 Å². The van der Waals surface area contributed by atoms with E-state index in [1.807, 2.05) is 30.5 Å². The fourth-order valence-corrected chi connectivity index (χ4v) is 3.26. The van der Waals surface area contributed by atoms with Crippen LogP contribution >= 0.6 is 11.8 Å². The molecule has 5 heteroatoms. The van der Waals surface area contributed by atoms with Crippen molar-refractivity contribution in [3.63, 3.8) is 0 Å². The summed E-state index contributed by atoms with van der Waals surface area (Å²) < 4.78 is 0. The van der Waals surface area contributed by atoms with Gasteiger partial charge in [-0.2, -0.15) is 0 Å². The monoisotopic (exact) mass is 314 g/mol. The second kappa shape index (κ2) is 9.87. The van der Waals surface area contributed by atoms with Gasteiger partial charge in [-0.1, -0.05) is 6.92 Å². The van der Waals surface area contributed by atoms with Crippen molar-refractivity contribution in [3.8, 4) is 0 Å². The highest BCUT2D eigenvalue weighted by Crippen LogP contribution is 2.32. The van der Waals surface area contributed by atoms with Gasteiger partial charge in [0.05, 0.1) is 5.03 Å². The van der Waals surface area contributed by atoms with Gasteiger partial charge in [-0.3, -0.25) is 9.59 Å². The number of rotatable bonds is 3. The number of allylic oxidation sites excluding steroid dienone is 1. The average molecular weight is 314 g/mol. The molecule has 1 rings (SSSR count). The molecule has 0 saturated carbocycles. The number of hydrogen-bond donors (Lipinski definition) is 1. The zero-order chi connectivity index (χ0) is 16.6. The van der Waals surface area contributed by atoms with Crippen molar-refractivity contribution in [2.24, 2.45) is 0 Å². The first-order valence-corrected chi connectivity index (χ1v) is 8.60. The summed E-state index contributed by atoms with van der Waals surface area (Å²) in [5.41, 5.74) is 1.33. The summed E-state index contributed by atoms with van der Waals surface area (Å²) in [6.45, 7) is 13.8. The number of carbonyl (C=O) groups is 2. The summed E-state index contributed by atoms with van der Waals surface area (Å²) in [4.78, 5) is 23.8. The van der Waals surface area contributed by atoms with Crippen LogP contribution < -0.4 is 5.32 Å². The summed E-state index contributed by atoms with van der Waals surface area (Å²) in [6, 6.07) is 0.560. The lowest BCUT2D eigenvalue weighted by Crippen LogP contribution is -2.38. The number of thioether (sulfide) groups is 1. The molecular formula is C16H30N2O2S. The van der Waals surface area contributed by atoms with E-state index >= 15 is 0 Å². The Morgan fingerprint density at radius 3 is 2.19 bits per heavy atom. The van der Waals surface area contributed by atoms with E-state index in [-0.39, 0.29) is 23.9 Å².